The molecule has 0 aliphatic heterocycles. The van der Waals surface area contributed by atoms with E-state index >= 15 is 0 Å². The van der Waals surface area contributed by atoms with E-state index < -0.39 is 0 Å². The minimum atomic E-state index is 0.416. The molecule has 0 radical (unpaired) electrons. The first-order valence-electron chi connectivity index (χ1n) is 6.85. The predicted octanol–water partition coefficient (Wildman–Crippen LogP) is 3.78. The number of H-pyrrole nitrogens is 1. The molecule has 0 amide bonds. The lowest BCUT2D eigenvalue weighted by atomic mass is 10.3. The van der Waals surface area contributed by atoms with E-state index in [-0.39, 0.29) is 0 Å². The zero-order valence-corrected chi connectivity index (χ0v) is 12.3. The number of allylic oxidation sites excluding steroid dienone is 3. The zero-order chi connectivity index (χ0) is 16.1. The van der Waals surface area contributed by atoms with Gasteiger partial charge in [0.05, 0.1) is 6.20 Å². The molecule has 0 saturated carbocycles. The Morgan fingerprint density at radius 3 is 2.61 bits per heavy atom. The molecule has 0 saturated heterocycles. The van der Waals surface area contributed by atoms with Gasteiger partial charge in [-0.1, -0.05) is 19.2 Å². The van der Waals surface area contributed by atoms with E-state index in [0.717, 1.165) is 0 Å². The minimum absolute atomic E-state index is 0.416. The summed E-state index contributed by atoms with van der Waals surface area (Å²) in [5, 5.41) is 6.74. The Hall–Kier alpha value is -3.41. The summed E-state index contributed by atoms with van der Waals surface area (Å²) < 4.78 is 11.4. The molecule has 0 aliphatic rings. The Balaban J connectivity index is 1.77. The van der Waals surface area contributed by atoms with Crippen LogP contribution in [0.25, 0.3) is 11.0 Å². The SMILES string of the molecule is C=C/C=C(\C=C)Oc1ccc(Oc2ncnc3cn[nH]c23)cc1. The number of rotatable bonds is 6. The summed E-state index contributed by atoms with van der Waals surface area (Å²) in [5.41, 5.74) is 1.34. The third kappa shape index (κ3) is 3.26. The van der Waals surface area contributed by atoms with E-state index in [2.05, 4.69) is 33.3 Å². The molecule has 2 aromatic heterocycles. The van der Waals surface area contributed by atoms with Crippen molar-refractivity contribution in [2.75, 3.05) is 0 Å². The highest BCUT2D eigenvalue weighted by molar-refractivity contribution is 5.78. The van der Waals surface area contributed by atoms with E-state index in [9.17, 15) is 0 Å². The lowest BCUT2D eigenvalue weighted by Crippen LogP contribution is -1.93. The first-order valence-corrected chi connectivity index (χ1v) is 6.85. The van der Waals surface area contributed by atoms with Crippen molar-refractivity contribution < 1.29 is 9.47 Å². The van der Waals surface area contributed by atoms with Crippen molar-refractivity contribution in [3.63, 3.8) is 0 Å². The summed E-state index contributed by atoms with van der Waals surface area (Å²) in [7, 11) is 0. The second-order valence-corrected chi connectivity index (χ2v) is 4.49. The summed E-state index contributed by atoms with van der Waals surface area (Å²) in [6, 6.07) is 7.16. The molecule has 2 heterocycles. The molecule has 0 fully saturated rings. The van der Waals surface area contributed by atoms with Gasteiger partial charge in [0.2, 0.25) is 5.88 Å². The molecule has 23 heavy (non-hydrogen) atoms. The second kappa shape index (κ2) is 6.57. The molecule has 6 nitrogen and oxygen atoms in total. The van der Waals surface area contributed by atoms with E-state index in [4.69, 9.17) is 9.47 Å². The second-order valence-electron chi connectivity index (χ2n) is 4.49. The molecule has 1 N–H and O–H groups in total. The number of ether oxygens (including phenoxy) is 2. The van der Waals surface area contributed by atoms with Crippen LogP contribution in [-0.2, 0) is 0 Å². The molecule has 0 atom stereocenters. The third-order valence-electron chi connectivity index (χ3n) is 2.96. The summed E-state index contributed by atoms with van der Waals surface area (Å²) in [6.45, 7) is 7.31. The number of aromatic amines is 1. The van der Waals surface area contributed by atoms with Crippen molar-refractivity contribution in [2.45, 2.75) is 0 Å². The lowest BCUT2D eigenvalue weighted by molar-refractivity contribution is 0.439. The molecule has 0 unspecified atom stereocenters. The van der Waals surface area contributed by atoms with E-state index in [1.807, 2.05) is 0 Å². The summed E-state index contributed by atoms with van der Waals surface area (Å²) in [4.78, 5) is 8.20. The number of nitrogens with one attached hydrogen (secondary N) is 1. The quantitative estimate of drug-likeness (QED) is 0.554. The Kier molecular flexibility index (Phi) is 4.15. The van der Waals surface area contributed by atoms with Crippen LogP contribution in [0.3, 0.4) is 0 Å². The summed E-state index contributed by atoms with van der Waals surface area (Å²) in [6.07, 6.45) is 8.03. The van der Waals surface area contributed by atoms with Crippen molar-refractivity contribution in [1.29, 1.82) is 0 Å². The van der Waals surface area contributed by atoms with Gasteiger partial charge in [-0.3, -0.25) is 5.10 Å². The van der Waals surface area contributed by atoms with Crippen LogP contribution in [0.5, 0.6) is 17.4 Å². The number of aromatic nitrogens is 4. The van der Waals surface area contributed by atoms with Crippen LogP contribution in [0.4, 0.5) is 0 Å². The van der Waals surface area contributed by atoms with Crippen LogP contribution < -0.4 is 9.47 Å². The Bertz CT molecular complexity index is 866. The smallest absolute Gasteiger partial charge is 0.248 e. The van der Waals surface area contributed by atoms with Gasteiger partial charge in [-0.25, -0.2) is 4.98 Å². The van der Waals surface area contributed by atoms with Gasteiger partial charge in [-0.05, 0) is 36.4 Å². The summed E-state index contributed by atoms with van der Waals surface area (Å²) in [5.74, 6) is 2.32. The van der Waals surface area contributed by atoms with Gasteiger partial charge in [0.25, 0.3) is 0 Å². The van der Waals surface area contributed by atoms with Crippen LogP contribution >= 0.6 is 0 Å². The normalized spacial score (nSPS) is 11.2. The number of fused-ring (bicyclic) bond motifs is 1. The van der Waals surface area contributed by atoms with Gasteiger partial charge in [-0.15, -0.1) is 0 Å². The zero-order valence-electron chi connectivity index (χ0n) is 12.3. The molecular formula is C17H14N4O2. The van der Waals surface area contributed by atoms with Crippen molar-refractivity contribution in [2.24, 2.45) is 0 Å². The van der Waals surface area contributed by atoms with Crippen LogP contribution in [0, 0.1) is 0 Å². The van der Waals surface area contributed by atoms with Crippen molar-refractivity contribution in [3.05, 3.63) is 73.9 Å². The molecule has 114 valence electrons. The number of benzene rings is 1. The highest BCUT2D eigenvalue weighted by Gasteiger charge is 2.08. The molecular weight excluding hydrogens is 292 g/mol. The van der Waals surface area contributed by atoms with Crippen LogP contribution in [0.1, 0.15) is 0 Å². The molecule has 6 heteroatoms. The van der Waals surface area contributed by atoms with Crippen LogP contribution in [-0.4, -0.2) is 20.2 Å². The number of hydrogen-bond donors (Lipinski definition) is 1. The predicted molar refractivity (Wildman–Crippen MR) is 87.3 cm³/mol. The average Bonchev–Trinajstić information content (AvgIpc) is 3.06. The first kappa shape index (κ1) is 14.5. The largest absolute Gasteiger partial charge is 0.457 e. The fourth-order valence-corrected chi connectivity index (χ4v) is 1.90. The summed E-state index contributed by atoms with van der Waals surface area (Å²) >= 11 is 0. The number of hydrogen-bond acceptors (Lipinski definition) is 5. The van der Waals surface area contributed by atoms with Crippen LogP contribution in [0.15, 0.2) is 73.9 Å². The monoisotopic (exact) mass is 306 g/mol. The lowest BCUT2D eigenvalue weighted by Gasteiger charge is -2.08. The van der Waals surface area contributed by atoms with Crippen LogP contribution in [0.2, 0.25) is 0 Å². The van der Waals surface area contributed by atoms with Crippen molar-refractivity contribution in [1.82, 2.24) is 20.2 Å². The molecule has 0 aliphatic carbocycles. The standard InChI is InChI=1S/C17H14N4O2/c1-3-5-12(4-2)22-13-6-8-14(9-7-13)23-17-16-15(10-20-21-16)18-11-19-17/h3-11H,1-2H2,(H,20,21)/b12-5+. The molecule has 0 spiro atoms. The maximum absolute atomic E-state index is 5.75. The van der Waals surface area contributed by atoms with Gasteiger partial charge in [-0.2, -0.15) is 10.1 Å². The van der Waals surface area contributed by atoms with Gasteiger partial charge in [0.1, 0.15) is 34.6 Å². The van der Waals surface area contributed by atoms with Gasteiger partial charge < -0.3 is 9.47 Å². The molecule has 3 aromatic rings. The van der Waals surface area contributed by atoms with Crippen molar-refractivity contribution >= 4 is 11.0 Å². The highest BCUT2D eigenvalue weighted by Crippen LogP contribution is 2.26. The maximum Gasteiger partial charge on any atom is 0.248 e. The van der Waals surface area contributed by atoms with Crippen molar-refractivity contribution in [3.8, 4) is 17.4 Å². The van der Waals surface area contributed by atoms with Gasteiger partial charge in [0.15, 0.2) is 0 Å². The number of nitrogens with zero attached hydrogens (tertiary/aromatic N) is 3. The average molecular weight is 306 g/mol. The first-order chi connectivity index (χ1) is 11.3. The molecule has 1 aromatic carbocycles. The molecule has 3 rings (SSSR count). The highest BCUT2D eigenvalue weighted by atomic mass is 16.5. The fraction of sp³-hybridized carbons (Fsp3) is 0. The van der Waals surface area contributed by atoms with E-state index in [1.54, 1.807) is 48.7 Å². The fourth-order valence-electron chi connectivity index (χ4n) is 1.90. The Morgan fingerprint density at radius 1 is 1.09 bits per heavy atom. The van der Waals surface area contributed by atoms with E-state index in [0.29, 0.717) is 34.2 Å². The minimum Gasteiger partial charge on any atom is -0.457 e. The Labute approximate surface area is 132 Å². The topological polar surface area (TPSA) is 72.9 Å². The van der Waals surface area contributed by atoms with E-state index in [1.165, 1.54) is 6.33 Å². The van der Waals surface area contributed by atoms with Gasteiger partial charge in [0, 0.05) is 0 Å². The molecule has 0 bridgehead atoms. The maximum atomic E-state index is 5.75. The van der Waals surface area contributed by atoms with Gasteiger partial charge >= 0.3 is 0 Å². The third-order valence-corrected chi connectivity index (χ3v) is 2.96. The Morgan fingerprint density at radius 2 is 1.87 bits per heavy atom.